The molecule has 0 fully saturated rings. The van der Waals surface area contributed by atoms with Crippen LogP contribution in [-0.2, 0) is 0 Å². The molecule has 13 heavy (non-hydrogen) atoms. The maximum absolute atomic E-state index is 2.31. The van der Waals surface area contributed by atoms with E-state index in [9.17, 15) is 0 Å². The third-order valence-corrected chi connectivity index (χ3v) is 3.66. The highest BCUT2D eigenvalue weighted by atomic mass is 14.3. The van der Waals surface area contributed by atoms with Crippen molar-refractivity contribution in [2.75, 3.05) is 0 Å². The van der Waals surface area contributed by atoms with Crippen LogP contribution in [0.4, 0.5) is 0 Å². The van der Waals surface area contributed by atoms with Crippen LogP contribution in [0.25, 0.3) is 0 Å². The van der Waals surface area contributed by atoms with Crippen molar-refractivity contribution in [1.29, 1.82) is 0 Å². The summed E-state index contributed by atoms with van der Waals surface area (Å²) in [5.74, 6) is 0. The van der Waals surface area contributed by atoms with Gasteiger partial charge in [0.2, 0.25) is 0 Å². The van der Waals surface area contributed by atoms with Crippen molar-refractivity contribution in [3.05, 3.63) is 22.3 Å². The highest BCUT2D eigenvalue weighted by Crippen LogP contribution is 2.41. The lowest BCUT2D eigenvalue weighted by Gasteiger charge is -2.21. The average molecular weight is 176 g/mol. The summed E-state index contributed by atoms with van der Waals surface area (Å²) in [4.78, 5) is 0. The third-order valence-electron chi connectivity index (χ3n) is 3.66. The van der Waals surface area contributed by atoms with Gasteiger partial charge in [-0.05, 0) is 44.9 Å². The van der Waals surface area contributed by atoms with E-state index >= 15 is 0 Å². The van der Waals surface area contributed by atoms with Crippen molar-refractivity contribution < 1.29 is 0 Å². The summed E-state index contributed by atoms with van der Waals surface area (Å²) in [7, 11) is 0. The first-order chi connectivity index (χ1) is 6.35. The molecule has 2 aliphatic rings. The van der Waals surface area contributed by atoms with E-state index in [1.807, 2.05) is 0 Å². The Labute approximate surface area is 81.7 Å². The van der Waals surface area contributed by atoms with Gasteiger partial charge in [0.25, 0.3) is 0 Å². The van der Waals surface area contributed by atoms with Crippen molar-refractivity contribution in [3.8, 4) is 0 Å². The molecule has 0 aromatic heterocycles. The van der Waals surface area contributed by atoms with Crippen LogP contribution in [0.3, 0.4) is 0 Å². The van der Waals surface area contributed by atoms with Crippen LogP contribution in [0, 0.1) is 0 Å². The molecule has 0 heteroatoms. The zero-order valence-electron chi connectivity index (χ0n) is 8.95. The molecule has 0 atom stereocenters. The van der Waals surface area contributed by atoms with E-state index < -0.39 is 0 Å². The van der Waals surface area contributed by atoms with Gasteiger partial charge in [-0.15, -0.1) is 0 Å². The average Bonchev–Trinajstić information content (AvgIpc) is 2.62. The molecule has 0 spiro atoms. The lowest BCUT2D eigenvalue weighted by molar-refractivity contribution is 0.829. The standard InChI is InChI=1S/C13H20/c1-3-10-8-12-6-5-7-13(12)9-11(10)4-2/h3-9H2,1-2H3. The molecule has 0 bridgehead atoms. The van der Waals surface area contributed by atoms with Gasteiger partial charge in [-0.25, -0.2) is 0 Å². The molecule has 0 aromatic rings. The van der Waals surface area contributed by atoms with Gasteiger partial charge in [-0.3, -0.25) is 0 Å². The Hall–Kier alpha value is -0.520. The maximum atomic E-state index is 2.31. The maximum Gasteiger partial charge on any atom is -0.0103 e. The van der Waals surface area contributed by atoms with E-state index in [-0.39, 0.29) is 0 Å². The minimum absolute atomic E-state index is 1.28. The predicted octanol–water partition coefficient (Wildman–Crippen LogP) is 4.38. The van der Waals surface area contributed by atoms with Gasteiger partial charge in [0.15, 0.2) is 0 Å². The largest absolute Gasteiger partial charge is 0.0669 e. The third kappa shape index (κ3) is 1.59. The fourth-order valence-electron chi connectivity index (χ4n) is 2.81. The summed E-state index contributed by atoms with van der Waals surface area (Å²) in [6.45, 7) is 4.62. The Morgan fingerprint density at radius 2 is 1.31 bits per heavy atom. The van der Waals surface area contributed by atoms with Gasteiger partial charge in [-0.1, -0.05) is 36.1 Å². The first-order valence-electron chi connectivity index (χ1n) is 5.74. The molecule has 72 valence electrons. The van der Waals surface area contributed by atoms with Crippen molar-refractivity contribution in [3.63, 3.8) is 0 Å². The van der Waals surface area contributed by atoms with Crippen molar-refractivity contribution in [1.82, 2.24) is 0 Å². The van der Waals surface area contributed by atoms with Crippen LogP contribution in [0.2, 0.25) is 0 Å². The lowest BCUT2D eigenvalue weighted by Crippen LogP contribution is -2.01. The molecule has 2 rings (SSSR count). The summed E-state index contributed by atoms with van der Waals surface area (Å²) in [5, 5.41) is 0. The summed E-state index contributed by atoms with van der Waals surface area (Å²) >= 11 is 0. The minimum Gasteiger partial charge on any atom is -0.0669 e. The minimum atomic E-state index is 1.28. The molecule has 0 saturated heterocycles. The smallest absolute Gasteiger partial charge is 0.0103 e. The summed E-state index contributed by atoms with van der Waals surface area (Å²) < 4.78 is 0. The van der Waals surface area contributed by atoms with Crippen LogP contribution >= 0.6 is 0 Å². The normalized spacial score (nSPS) is 22.6. The SMILES string of the molecule is CCC1=C(CC)CC2=C(CCC2)C1. The first-order valence-corrected chi connectivity index (χ1v) is 5.74. The first kappa shape index (κ1) is 9.05. The van der Waals surface area contributed by atoms with Gasteiger partial charge in [-0.2, -0.15) is 0 Å². The van der Waals surface area contributed by atoms with E-state index in [1.165, 1.54) is 44.9 Å². The van der Waals surface area contributed by atoms with E-state index in [0.717, 1.165) is 0 Å². The Balaban J connectivity index is 2.18. The fraction of sp³-hybridized carbons (Fsp3) is 0.692. The van der Waals surface area contributed by atoms with Crippen LogP contribution < -0.4 is 0 Å². The van der Waals surface area contributed by atoms with Crippen LogP contribution in [0.15, 0.2) is 22.3 Å². The molecule has 0 heterocycles. The summed E-state index contributed by atoms with van der Waals surface area (Å²) in [5.41, 5.74) is 7.11. The molecule has 0 saturated carbocycles. The van der Waals surface area contributed by atoms with Gasteiger partial charge in [0, 0.05) is 0 Å². The number of rotatable bonds is 2. The molecule has 0 amide bonds. The Kier molecular flexibility index (Phi) is 2.57. The Morgan fingerprint density at radius 3 is 1.69 bits per heavy atom. The highest BCUT2D eigenvalue weighted by molar-refractivity contribution is 5.36. The van der Waals surface area contributed by atoms with Gasteiger partial charge in [0.1, 0.15) is 0 Å². The van der Waals surface area contributed by atoms with E-state index in [0.29, 0.717) is 0 Å². The second-order valence-electron chi connectivity index (χ2n) is 4.33. The van der Waals surface area contributed by atoms with Crippen LogP contribution in [0.1, 0.15) is 58.8 Å². The zero-order chi connectivity index (χ0) is 9.26. The van der Waals surface area contributed by atoms with Crippen molar-refractivity contribution in [2.24, 2.45) is 0 Å². The van der Waals surface area contributed by atoms with Gasteiger partial charge < -0.3 is 0 Å². The number of allylic oxidation sites excluding steroid dienone is 4. The lowest BCUT2D eigenvalue weighted by atomic mass is 9.85. The Morgan fingerprint density at radius 1 is 0.846 bits per heavy atom. The summed E-state index contributed by atoms with van der Waals surface area (Å²) in [6, 6.07) is 0. The van der Waals surface area contributed by atoms with E-state index in [4.69, 9.17) is 0 Å². The van der Waals surface area contributed by atoms with Crippen LogP contribution in [0.5, 0.6) is 0 Å². The fourth-order valence-corrected chi connectivity index (χ4v) is 2.81. The second-order valence-corrected chi connectivity index (χ2v) is 4.33. The second kappa shape index (κ2) is 3.69. The topological polar surface area (TPSA) is 0 Å². The molecular formula is C13H20. The summed E-state index contributed by atoms with van der Waals surface area (Å²) in [6.07, 6.45) is 9.44. The molecule has 2 aliphatic carbocycles. The molecular weight excluding hydrogens is 156 g/mol. The van der Waals surface area contributed by atoms with Crippen molar-refractivity contribution in [2.45, 2.75) is 58.8 Å². The monoisotopic (exact) mass is 176 g/mol. The highest BCUT2D eigenvalue weighted by Gasteiger charge is 2.21. The van der Waals surface area contributed by atoms with Crippen LogP contribution in [-0.4, -0.2) is 0 Å². The molecule has 0 nitrogen and oxygen atoms in total. The molecule has 0 radical (unpaired) electrons. The zero-order valence-corrected chi connectivity index (χ0v) is 8.95. The quantitative estimate of drug-likeness (QED) is 0.548. The van der Waals surface area contributed by atoms with E-state index in [1.54, 1.807) is 22.3 Å². The molecule has 0 aliphatic heterocycles. The molecule has 0 unspecified atom stereocenters. The number of hydrogen-bond donors (Lipinski definition) is 0. The van der Waals surface area contributed by atoms with Gasteiger partial charge in [0.05, 0.1) is 0 Å². The van der Waals surface area contributed by atoms with Crippen molar-refractivity contribution >= 4 is 0 Å². The predicted molar refractivity (Wildman–Crippen MR) is 57.7 cm³/mol. The Bertz CT molecular complexity index is 240. The van der Waals surface area contributed by atoms with Gasteiger partial charge >= 0.3 is 0 Å². The van der Waals surface area contributed by atoms with E-state index in [2.05, 4.69) is 13.8 Å². The number of hydrogen-bond acceptors (Lipinski definition) is 0. The molecule has 0 aromatic carbocycles. The molecule has 0 N–H and O–H groups in total.